The number of hydroxylamine groups is 2. The van der Waals surface area contributed by atoms with E-state index in [0.717, 1.165) is 31.2 Å². The monoisotopic (exact) mass is 334 g/mol. The van der Waals surface area contributed by atoms with Gasteiger partial charge in [0.15, 0.2) is 0 Å². The number of rotatable bonds is 3. The van der Waals surface area contributed by atoms with Gasteiger partial charge in [-0.2, -0.15) is 0 Å². The first-order valence-electron chi connectivity index (χ1n) is 8.60. The SMILES string of the molecule is O=C(Cc1ccc(F)cc1)N1CCC[C@@H](C(=O)N2CCCCO2)C1. The summed E-state index contributed by atoms with van der Waals surface area (Å²) < 4.78 is 12.9. The second-order valence-corrected chi connectivity index (χ2v) is 6.46. The van der Waals surface area contributed by atoms with E-state index in [4.69, 9.17) is 4.84 Å². The Morgan fingerprint density at radius 3 is 2.62 bits per heavy atom. The lowest BCUT2D eigenvalue weighted by atomic mass is 9.96. The molecule has 2 fully saturated rings. The van der Waals surface area contributed by atoms with Gasteiger partial charge in [-0.25, -0.2) is 9.45 Å². The third-order valence-corrected chi connectivity index (χ3v) is 4.64. The number of halogens is 1. The number of likely N-dealkylation sites (tertiary alicyclic amines) is 1. The summed E-state index contributed by atoms with van der Waals surface area (Å²) in [6, 6.07) is 5.97. The highest BCUT2D eigenvalue weighted by Crippen LogP contribution is 2.21. The molecular weight excluding hydrogens is 311 g/mol. The van der Waals surface area contributed by atoms with Crippen molar-refractivity contribution in [2.45, 2.75) is 32.1 Å². The van der Waals surface area contributed by atoms with Gasteiger partial charge in [0.25, 0.3) is 5.91 Å². The maximum absolute atomic E-state index is 12.9. The van der Waals surface area contributed by atoms with E-state index in [1.165, 1.54) is 17.2 Å². The summed E-state index contributed by atoms with van der Waals surface area (Å²) in [6.45, 7) is 2.34. The molecule has 0 aromatic heterocycles. The average molecular weight is 334 g/mol. The summed E-state index contributed by atoms with van der Waals surface area (Å²) in [7, 11) is 0. The topological polar surface area (TPSA) is 49.9 Å². The van der Waals surface area contributed by atoms with E-state index in [0.29, 0.717) is 26.2 Å². The molecular formula is C18H23FN2O3. The van der Waals surface area contributed by atoms with Crippen molar-refractivity contribution in [3.63, 3.8) is 0 Å². The van der Waals surface area contributed by atoms with Crippen LogP contribution < -0.4 is 0 Å². The van der Waals surface area contributed by atoms with Crippen LogP contribution in [0.2, 0.25) is 0 Å². The van der Waals surface area contributed by atoms with Crippen LogP contribution in [0.1, 0.15) is 31.2 Å². The number of nitrogens with zero attached hydrogens (tertiary/aromatic N) is 2. The minimum absolute atomic E-state index is 0.00557. The predicted molar refractivity (Wildman–Crippen MR) is 86.3 cm³/mol. The Kier molecular flexibility index (Phi) is 5.45. The fourth-order valence-electron chi connectivity index (χ4n) is 3.27. The molecule has 2 aliphatic heterocycles. The number of hydrogen-bond acceptors (Lipinski definition) is 3. The zero-order chi connectivity index (χ0) is 16.9. The van der Waals surface area contributed by atoms with Gasteiger partial charge in [-0.3, -0.25) is 14.4 Å². The standard InChI is InChI=1S/C18H23FN2O3/c19-16-7-5-14(6-8-16)12-17(22)20-9-3-4-15(13-20)18(23)21-10-1-2-11-24-21/h5-8,15H,1-4,9-13H2/t15-/m1/s1. The smallest absolute Gasteiger partial charge is 0.251 e. The van der Waals surface area contributed by atoms with E-state index in [1.54, 1.807) is 17.0 Å². The molecule has 0 unspecified atom stereocenters. The molecule has 0 N–H and O–H groups in total. The van der Waals surface area contributed by atoms with Crippen molar-refractivity contribution in [3.8, 4) is 0 Å². The quantitative estimate of drug-likeness (QED) is 0.851. The largest absolute Gasteiger partial charge is 0.342 e. The maximum Gasteiger partial charge on any atom is 0.251 e. The van der Waals surface area contributed by atoms with Crippen molar-refractivity contribution in [2.24, 2.45) is 5.92 Å². The number of benzene rings is 1. The molecule has 130 valence electrons. The summed E-state index contributed by atoms with van der Waals surface area (Å²) in [5.74, 6) is -0.516. The van der Waals surface area contributed by atoms with Crippen LogP contribution in [0.15, 0.2) is 24.3 Å². The second kappa shape index (κ2) is 7.75. The summed E-state index contributed by atoms with van der Waals surface area (Å²) in [6.07, 6.45) is 3.79. The van der Waals surface area contributed by atoms with Crippen molar-refractivity contribution >= 4 is 11.8 Å². The lowest BCUT2D eigenvalue weighted by Gasteiger charge is -2.35. The molecule has 1 aromatic rings. The predicted octanol–water partition coefficient (Wildman–Crippen LogP) is 2.16. The fraction of sp³-hybridized carbons (Fsp3) is 0.556. The van der Waals surface area contributed by atoms with Gasteiger partial charge < -0.3 is 4.90 Å². The molecule has 0 spiro atoms. The van der Waals surface area contributed by atoms with Gasteiger partial charge in [0.1, 0.15) is 5.82 Å². The highest BCUT2D eigenvalue weighted by atomic mass is 19.1. The third-order valence-electron chi connectivity index (χ3n) is 4.64. The van der Waals surface area contributed by atoms with Crippen molar-refractivity contribution in [2.75, 3.05) is 26.2 Å². The molecule has 0 radical (unpaired) electrons. The highest BCUT2D eigenvalue weighted by Gasteiger charge is 2.32. The number of piperidine rings is 1. The zero-order valence-corrected chi connectivity index (χ0v) is 13.7. The molecule has 2 aliphatic rings. The first kappa shape index (κ1) is 16.9. The van der Waals surface area contributed by atoms with E-state index in [1.807, 2.05) is 0 Å². The molecule has 6 heteroatoms. The van der Waals surface area contributed by atoms with Gasteiger partial charge in [-0.1, -0.05) is 12.1 Å². The van der Waals surface area contributed by atoms with Gasteiger partial charge in [0.2, 0.25) is 5.91 Å². The number of amides is 2. The van der Waals surface area contributed by atoms with E-state index >= 15 is 0 Å². The van der Waals surface area contributed by atoms with Gasteiger partial charge >= 0.3 is 0 Å². The summed E-state index contributed by atoms with van der Waals surface area (Å²) in [5.41, 5.74) is 0.786. The van der Waals surface area contributed by atoms with E-state index in [9.17, 15) is 14.0 Å². The van der Waals surface area contributed by atoms with Crippen LogP contribution in [-0.4, -0.2) is 48.0 Å². The fourth-order valence-corrected chi connectivity index (χ4v) is 3.27. The van der Waals surface area contributed by atoms with Crippen molar-refractivity contribution < 1.29 is 18.8 Å². The summed E-state index contributed by atoms with van der Waals surface area (Å²) >= 11 is 0. The molecule has 0 aliphatic carbocycles. The molecule has 3 rings (SSSR count). The van der Waals surface area contributed by atoms with Gasteiger partial charge in [-0.05, 0) is 43.4 Å². The number of hydrogen-bond donors (Lipinski definition) is 0. The summed E-state index contributed by atoms with van der Waals surface area (Å²) in [5, 5.41) is 1.47. The normalized spacial score (nSPS) is 21.6. The zero-order valence-electron chi connectivity index (χ0n) is 13.7. The van der Waals surface area contributed by atoms with Crippen LogP contribution >= 0.6 is 0 Å². The minimum atomic E-state index is -0.309. The lowest BCUT2D eigenvalue weighted by molar-refractivity contribution is -0.202. The molecule has 24 heavy (non-hydrogen) atoms. The van der Waals surface area contributed by atoms with Crippen LogP contribution in [-0.2, 0) is 20.8 Å². The van der Waals surface area contributed by atoms with E-state index in [-0.39, 0.29) is 30.0 Å². The van der Waals surface area contributed by atoms with Gasteiger partial charge in [0, 0.05) is 19.6 Å². The van der Waals surface area contributed by atoms with Crippen LogP contribution in [0.5, 0.6) is 0 Å². The van der Waals surface area contributed by atoms with Gasteiger partial charge in [-0.15, -0.1) is 0 Å². The molecule has 0 saturated carbocycles. The third kappa shape index (κ3) is 4.12. The van der Waals surface area contributed by atoms with Crippen LogP contribution in [0.4, 0.5) is 4.39 Å². The molecule has 0 bridgehead atoms. The Labute approximate surface area is 141 Å². The molecule has 1 atom stereocenters. The van der Waals surface area contributed by atoms with Crippen molar-refractivity contribution in [1.82, 2.24) is 9.96 Å². The molecule has 2 heterocycles. The molecule has 5 nitrogen and oxygen atoms in total. The lowest BCUT2D eigenvalue weighted by Crippen LogP contribution is -2.48. The Bertz CT molecular complexity index is 584. The van der Waals surface area contributed by atoms with Crippen LogP contribution in [0.3, 0.4) is 0 Å². The Morgan fingerprint density at radius 2 is 1.92 bits per heavy atom. The molecule has 1 aromatic carbocycles. The van der Waals surface area contributed by atoms with Crippen LogP contribution in [0, 0.1) is 11.7 Å². The average Bonchev–Trinajstić information content (AvgIpc) is 2.64. The van der Waals surface area contributed by atoms with Crippen molar-refractivity contribution in [1.29, 1.82) is 0 Å². The molecule has 2 amide bonds. The highest BCUT2D eigenvalue weighted by molar-refractivity contribution is 5.82. The molecule has 2 saturated heterocycles. The minimum Gasteiger partial charge on any atom is -0.342 e. The Balaban J connectivity index is 1.57. The van der Waals surface area contributed by atoms with Gasteiger partial charge in [0.05, 0.1) is 18.9 Å². The van der Waals surface area contributed by atoms with E-state index < -0.39 is 0 Å². The van der Waals surface area contributed by atoms with Crippen LogP contribution in [0.25, 0.3) is 0 Å². The van der Waals surface area contributed by atoms with E-state index in [2.05, 4.69) is 0 Å². The number of carbonyl (C=O) groups is 2. The summed E-state index contributed by atoms with van der Waals surface area (Å²) in [4.78, 5) is 32.2. The first-order chi connectivity index (χ1) is 11.6. The second-order valence-electron chi connectivity index (χ2n) is 6.46. The number of carbonyl (C=O) groups excluding carboxylic acids is 2. The first-order valence-corrected chi connectivity index (χ1v) is 8.60. The Hall–Kier alpha value is -1.95. The Morgan fingerprint density at radius 1 is 1.12 bits per heavy atom. The maximum atomic E-state index is 12.9. The van der Waals surface area contributed by atoms with Crippen molar-refractivity contribution in [3.05, 3.63) is 35.6 Å².